The molecule has 0 radical (unpaired) electrons. The summed E-state index contributed by atoms with van der Waals surface area (Å²) in [6, 6.07) is 65.7. The van der Waals surface area contributed by atoms with Crippen LogP contribution in [0.4, 0.5) is 0 Å². The molecule has 11 aromatic rings. The predicted molar refractivity (Wildman–Crippen MR) is 213 cm³/mol. The number of fused-ring (bicyclic) bond motifs is 9. The van der Waals surface area contributed by atoms with E-state index in [9.17, 15) is 0 Å². The summed E-state index contributed by atoms with van der Waals surface area (Å²) in [6.45, 7) is 0. The average Bonchev–Trinajstić information content (AvgIpc) is 3.85. The topological polar surface area (TPSA) is 23.0 Å². The van der Waals surface area contributed by atoms with Crippen LogP contribution in [0.5, 0.6) is 0 Å². The van der Waals surface area contributed by atoms with Crippen molar-refractivity contribution in [3.8, 4) is 33.6 Å². The van der Waals surface area contributed by atoms with Crippen LogP contribution in [0.3, 0.4) is 0 Å². The minimum absolute atomic E-state index is 0.913. The van der Waals surface area contributed by atoms with Crippen LogP contribution in [-0.2, 0) is 0 Å². The average molecular weight is 651 g/mol. The number of hydrogen-bond donors (Lipinski definition) is 0. The summed E-state index contributed by atoms with van der Waals surface area (Å²) in [6.07, 6.45) is 0. The van der Waals surface area contributed by atoms with Gasteiger partial charge in [-0.25, -0.2) is 0 Å². The zero-order valence-electron chi connectivity index (χ0n) is 27.6. The van der Waals surface area contributed by atoms with Crippen molar-refractivity contribution in [3.63, 3.8) is 0 Å². The van der Waals surface area contributed by atoms with Crippen LogP contribution in [0.15, 0.2) is 186 Å². The highest BCUT2D eigenvalue weighted by Gasteiger charge is 2.17. The summed E-state index contributed by atoms with van der Waals surface area (Å²) in [4.78, 5) is 0. The largest absolute Gasteiger partial charge is 0.456 e. The Labute approximate surface area is 293 Å². The Bertz CT molecular complexity index is 2900. The molecule has 0 amide bonds. The van der Waals surface area contributed by atoms with Gasteiger partial charge in [0.15, 0.2) is 0 Å². The second-order valence-corrected chi connectivity index (χ2v) is 13.4. The number of rotatable bonds is 4. The second-order valence-electron chi connectivity index (χ2n) is 13.4. The minimum Gasteiger partial charge on any atom is -0.456 e. The molecule has 3 heteroatoms. The van der Waals surface area contributed by atoms with Crippen LogP contribution < -0.4 is 0 Å². The number of nitrogens with zero attached hydrogens (tertiary/aromatic N) is 2. The lowest BCUT2D eigenvalue weighted by molar-refractivity contribution is 0.669. The van der Waals surface area contributed by atoms with Gasteiger partial charge in [0.1, 0.15) is 11.2 Å². The summed E-state index contributed by atoms with van der Waals surface area (Å²) in [7, 11) is 0. The van der Waals surface area contributed by atoms with Crippen molar-refractivity contribution in [2.75, 3.05) is 0 Å². The highest BCUT2D eigenvalue weighted by atomic mass is 16.3. The Kier molecular flexibility index (Phi) is 5.96. The third-order valence-corrected chi connectivity index (χ3v) is 10.5. The lowest BCUT2D eigenvalue weighted by Crippen LogP contribution is -2.00. The Balaban J connectivity index is 1.13. The third kappa shape index (κ3) is 4.25. The number of aromatic nitrogens is 2. The van der Waals surface area contributed by atoms with Crippen LogP contribution in [0.2, 0.25) is 0 Å². The first kappa shape index (κ1) is 28.0. The van der Waals surface area contributed by atoms with Gasteiger partial charge in [0, 0.05) is 43.7 Å². The van der Waals surface area contributed by atoms with Gasteiger partial charge >= 0.3 is 0 Å². The normalized spacial score (nSPS) is 11.9. The monoisotopic (exact) mass is 650 g/mol. The van der Waals surface area contributed by atoms with Gasteiger partial charge in [0.2, 0.25) is 0 Å². The lowest BCUT2D eigenvalue weighted by atomic mass is 9.98. The van der Waals surface area contributed by atoms with Crippen LogP contribution in [-0.4, -0.2) is 9.13 Å². The van der Waals surface area contributed by atoms with Crippen molar-refractivity contribution in [1.82, 2.24) is 9.13 Å². The molecule has 0 atom stereocenters. The molecule has 51 heavy (non-hydrogen) atoms. The molecule has 238 valence electrons. The fourth-order valence-electron chi connectivity index (χ4n) is 8.18. The van der Waals surface area contributed by atoms with E-state index < -0.39 is 0 Å². The molecule has 0 spiro atoms. The van der Waals surface area contributed by atoms with Gasteiger partial charge in [-0.2, -0.15) is 0 Å². The Morgan fingerprint density at radius 2 is 0.667 bits per heavy atom. The highest BCUT2D eigenvalue weighted by molar-refractivity contribution is 6.11. The number of furan rings is 1. The Morgan fingerprint density at radius 1 is 0.275 bits per heavy atom. The van der Waals surface area contributed by atoms with Crippen molar-refractivity contribution < 1.29 is 4.42 Å². The molecule has 3 heterocycles. The van der Waals surface area contributed by atoms with Gasteiger partial charge in [-0.1, -0.05) is 121 Å². The van der Waals surface area contributed by atoms with Gasteiger partial charge in [-0.3, -0.25) is 0 Å². The molecule has 11 rings (SSSR count). The van der Waals surface area contributed by atoms with E-state index in [0.29, 0.717) is 0 Å². The van der Waals surface area contributed by atoms with Crippen LogP contribution in [0.1, 0.15) is 0 Å². The molecule has 0 saturated carbocycles. The molecular formula is C48H30N2O. The second kappa shape index (κ2) is 10.8. The summed E-state index contributed by atoms with van der Waals surface area (Å²) < 4.78 is 10.9. The predicted octanol–water partition coefficient (Wildman–Crippen LogP) is 13.1. The van der Waals surface area contributed by atoms with Crippen LogP contribution in [0.25, 0.3) is 99.2 Å². The maximum atomic E-state index is 6.11. The summed E-state index contributed by atoms with van der Waals surface area (Å²) in [5.74, 6) is 0. The summed E-state index contributed by atoms with van der Waals surface area (Å²) in [5, 5.41) is 7.30. The molecule has 0 aliphatic carbocycles. The van der Waals surface area contributed by atoms with E-state index in [-0.39, 0.29) is 0 Å². The van der Waals surface area contributed by atoms with Crippen LogP contribution >= 0.6 is 0 Å². The lowest BCUT2D eigenvalue weighted by Gasteiger charge is -2.16. The first-order chi connectivity index (χ1) is 25.3. The molecule has 0 aliphatic heterocycles. The van der Waals surface area contributed by atoms with Gasteiger partial charge in [0.05, 0.1) is 22.1 Å². The van der Waals surface area contributed by atoms with Gasteiger partial charge < -0.3 is 13.6 Å². The molecule has 0 unspecified atom stereocenters. The molecule has 3 nitrogen and oxygen atoms in total. The van der Waals surface area contributed by atoms with E-state index in [2.05, 4.69) is 179 Å². The standard InChI is InChI=1S/C48H30N2O/c1-6-16-43-37(11-1)38-12-2-7-17-44(38)49(43)35-27-34(28-36(30-35)50-45-18-8-3-13-39(45)40-14-4-9-19-46(40)50)32-23-21-31(22-24-32)33-25-26-48-42(29-33)41-15-5-10-20-47(41)51-48/h1-30H. The number of benzene rings is 8. The molecule has 0 bridgehead atoms. The fraction of sp³-hybridized carbons (Fsp3) is 0. The minimum atomic E-state index is 0.913. The molecule has 0 N–H and O–H groups in total. The van der Waals surface area contributed by atoms with E-state index in [0.717, 1.165) is 38.9 Å². The van der Waals surface area contributed by atoms with Crippen molar-refractivity contribution in [2.45, 2.75) is 0 Å². The van der Waals surface area contributed by atoms with Gasteiger partial charge in [-0.15, -0.1) is 0 Å². The highest BCUT2D eigenvalue weighted by Crippen LogP contribution is 2.38. The van der Waals surface area contributed by atoms with Gasteiger partial charge in [0.25, 0.3) is 0 Å². The van der Waals surface area contributed by atoms with Crippen LogP contribution in [0, 0.1) is 0 Å². The smallest absolute Gasteiger partial charge is 0.135 e. The zero-order chi connectivity index (χ0) is 33.5. The maximum absolute atomic E-state index is 6.11. The molecular weight excluding hydrogens is 621 g/mol. The molecule has 8 aromatic carbocycles. The SMILES string of the molecule is c1ccc2c(c1)oc1ccc(-c3ccc(-c4cc(-n5c6ccccc6c6ccccc65)cc(-n5c6ccccc6c6ccccc65)c4)cc3)cc12. The number of para-hydroxylation sites is 5. The molecule has 0 aliphatic rings. The first-order valence-corrected chi connectivity index (χ1v) is 17.4. The third-order valence-electron chi connectivity index (χ3n) is 10.5. The number of hydrogen-bond acceptors (Lipinski definition) is 1. The maximum Gasteiger partial charge on any atom is 0.135 e. The van der Waals surface area contributed by atoms with Crippen molar-refractivity contribution in [1.29, 1.82) is 0 Å². The van der Waals surface area contributed by atoms with Crippen molar-refractivity contribution in [3.05, 3.63) is 182 Å². The van der Waals surface area contributed by atoms with E-state index in [4.69, 9.17) is 4.42 Å². The van der Waals surface area contributed by atoms with Crippen molar-refractivity contribution in [2.24, 2.45) is 0 Å². The molecule has 3 aromatic heterocycles. The van der Waals surface area contributed by atoms with E-state index in [1.54, 1.807) is 0 Å². The van der Waals surface area contributed by atoms with E-state index in [1.807, 2.05) is 12.1 Å². The van der Waals surface area contributed by atoms with Crippen molar-refractivity contribution >= 4 is 65.6 Å². The van der Waals surface area contributed by atoms with Gasteiger partial charge in [-0.05, 0) is 82.9 Å². The zero-order valence-corrected chi connectivity index (χ0v) is 27.6. The molecule has 0 fully saturated rings. The fourth-order valence-corrected chi connectivity index (χ4v) is 8.18. The Morgan fingerprint density at radius 3 is 1.18 bits per heavy atom. The molecule has 0 saturated heterocycles. The first-order valence-electron chi connectivity index (χ1n) is 17.4. The summed E-state index contributed by atoms with van der Waals surface area (Å²) in [5.41, 5.74) is 13.5. The quantitative estimate of drug-likeness (QED) is 0.186. The Hall–Kier alpha value is -6.84. The van der Waals surface area contributed by atoms with E-state index >= 15 is 0 Å². The van der Waals surface area contributed by atoms with E-state index in [1.165, 1.54) is 60.3 Å². The summed E-state index contributed by atoms with van der Waals surface area (Å²) >= 11 is 0.